The van der Waals surface area contributed by atoms with E-state index in [0.29, 0.717) is 30.4 Å². The number of rotatable bonds is 8. The summed E-state index contributed by atoms with van der Waals surface area (Å²) < 4.78 is 37.6. The highest BCUT2D eigenvalue weighted by Crippen LogP contribution is 2.34. The maximum atomic E-state index is 12.7. The molecule has 2 aromatic rings. The maximum Gasteiger partial charge on any atom is 0.241 e. The molecule has 0 radical (unpaired) electrons. The maximum absolute atomic E-state index is 12.7. The van der Waals surface area contributed by atoms with Gasteiger partial charge in [0.2, 0.25) is 15.9 Å². The van der Waals surface area contributed by atoms with Gasteiger partial charge in [0.15, 0.2) is 11.5 Å². The zero-order chi connectivity index (χ0) is 21.7. The van der Waals surface area contributed by atoms with Gasteiger partial charge in [-0.15, -0.1) is 0 Å². The molecule has 2 aromatic carbocycles. The molecule has 0 saturated carbocycles. The van der Waals surface area contributed by atoms with Gasteiger partial charge in [0.05, 0.1) is 17.5 Å². The van der Waals surface area contributed by atoms with Crippen LogP contribution < -0.4 is 19.1 Å². The molecule has 0 spiro atoms. The largest absolute Gasteiger partial charge is 0.486 e. The van der Waals surface area contributed by atoms with Gasteiger partial charge in [-0.05, 0) is 43.5 Å². The zero-order valence-electron chi connectivity index (χ0n) is 17.6. The van der Waals surface area contributed by atoms with E-state index in [1.807, 2.05) is 31.2 Å². The van der Waals surface area contributed by atoms with Crippen LogP contribution in [0.15, 0.2) is 42.5 Å². The Balaban J connectivity index is 1.77. The van der Waals surface area contributed by atoms with Gasteiger partial charge >= 0.3 is 0 Å². The molecule has 7 nitrogen and oxygen atoms in total. The van der Waals surface area contributed by atoms with Crippen LogP contribution in [0.2, 0.25) is 0 Å². The number of ether oxygens (including phenoxy) is 2. The minimum Gasteiger partial charge on any atom is -0.486 e. The summed E-state index contributed by atoms with van der Waals surface area (Å²) in [7, 11) is -3.67. The van der Waals surface area contributed by atoms with Gasteiger partial charge in [-0.1, -0.05) is 31.2 Å². The van der Waals surface area contributed by atoms with Crippen LogP contribution in [-0.2, 0) is 21.2 Å². The molecule has 1 amide bonds. The second-order valence-electron chi connectivity index (χ2n) is 7.12. The number of carbonyl (C=O) groups is 1. The summed E-state index contributed by atoms with van der Waals surface area (Å²) in [5.41, 5.74) is 2.55. The minimum absolute atomic E-state index is 0.122. The Labute approximate surface area is 178 Å². The van der Waals surface area contributed by atoms with Crippen LogP contribution >= 0.6 is 0 Å². The van der Waals surface area contributed by atoms with Crippen molar-refractivity contribution in [1.82, 2.24) is 5.32 Å². The van der Waals surface area contributed by atoms with Crippen molar-refractivity contribution in [2.24, 2.45) is 0 Å². The van der Waals surface area contributed by atoms with Crippen LogP contribution in [-0.4, -0.2) is 39.8 Å². The van der Waals surface area contributed by atoms with Gasteiger partial charge in [0.25, 0.3) is 0 Å². The molecule has 1 aliphatic rings. The molecule has 1 atom stereocenters. The van der Waals surface area contributed by atoms with E-state index in [4.69, 9.17) is 9.47 Å². The standard InChI is InChI=1S/C22H28N2O5S/c1-4-17-6-8-18(9-7-17)16(3)23-22(25)15-24(30(26,27)5-2)19-10-11-20-21(14-19)29-13-12-28-20/h6-11,14,16H,4-5,12-13,15H2,1-3H3,(H,23,25). The van der Waals surface area contributed by atoms with E-state index in [-0.39, 0.29) is 24.2 Å². The first kappa shape index (κ1) is 22.0. The Morgan fingerprint density at radius 3 is 2.37 bits per heavy atom. The number of anilines is 1. The predicted molar refractivity (Wildman–Crippen MR) is 117 cm³/mol. The summed E-state index contributed by atoms with van der Waals surface area (Å²) in [5, 5.41) is 2.89. The summed E-state index contributed by atoms with van der Waals surface area (Å²) in [6.07, 6.45) is 0.945. The number of sulfonamides is 1. The molecule has 3 rings (SSSR count). The number of hydrogen-bond donors (Lipinski definition) is 1. The van der Waals surface area contributed by atoms with E-state index in [2.05, 4.69) is 12.2 Å². The average Bonchev–Trinajstić information content (AvgIpc) is 2.77. The number of benzene rings is 2. The lowest BCUT2D eigenvalue weighted by Crippen LogP contribution is -2.42. The summed E-state index contributed by atoms with van der Waals surface area (Å²) >= 11 is 0. The molecule has 0 saturated heterocycles. The summed E-state index contributed by atoms with van der Waals surface area (Å²) in [5.74, 6) is 0.532. The van der Waals surface area contributed by atoms with Crippen LogP contribution in [0.4, 0.5) is 5.69 Å². The summed E-state index contributed by atoms with van der Waals surface area (Å²) in [6.45, 7) is 6.04. The molecular formula is C22H28N2O5S. The Hall–Kier alpha value is -2.74. The van der Waals surface area contributed by atoms with Crippen molar-refractivity contribution in [1.29, 1.82) is 0 Å². The Kier molecular flexibility index (Phi) is 6.87. The third kappa shape index (κ3) is 5.05. The molecule has 30 heavy (non-hydrogen) atoms. The van der Waals surface area contributed by atoms with Crippen molar-refractivity contribution >= 4 is 21.6 Å². The molecule has 0 fully saturated rings. The number of nitrogens with zero attached hydrogens (tertiary/aromatic N) is 1. The molecule has 1 unspecified atom stereocenters. The first-order valence-electron chi connectivity index (χ1n) is 10.1. The Bertz CT molecular complexity index is 989. The molecule has 162 valence electrons. The molecule has 1 N–H and O–H groups in total. The van der Waals surface area contributed by atoms with E-state index < -0.39 is 10.0 Å². The second-order valence-corrected chi connectivity index (χ2v) is 9.30. The van der Waals surface area contributed by atoms with Crippen LogP contribution in [0.25, 0.3) is 0 Å². The lowest BCUT2D eigenvalue weighted by Gasteiger charge is -2.26. The van der Waals surface area contributed by atoms with Crippen molar-refractivity contribution in [3.05, 3.63) is 53.6 Å². The predicted octanol–water partition coefficient (Wildman–Crippen LogP) is 3.05. The van der Waals surface area contributed by atoms with Crippen LogP contribution in [0, 0.1) is 0 Å². The van der Waals surface area contributed by atoms with Gasteiger partial charge in [0, 0.05) is 6.07 Å². The van der Waals surface area contributed by atoms with E-state index in [1.54, 1.807) is 25.1 Å². The Morgan fingerprint density at radius 1 is 1.07 bits per heavy atom. The van der Waals surface area contributed by atoms with E-state index >= 15 is 0 Å². The molecule has 1 heterocycles. The van der Waals surface area contributed by atoms with E-state index in [0.717, 1.165) is 16.3 Å². The molecule has 8 heteroatoms. The molecular weight excluding hydrogens is 404 g/mol. The molecule has 0 bridgehead atoms. The van der Waals surface area contributed by atoms with Crippen molar-refractivity contribution in [3.63, 3.8) is 0 Å². The smallest absolute Gasteiger partial charge is 0.241 e. The SMILES string of the molecule is CCc1ccc(C(C)NC(=O)CN(c2ccc3c(c2)OCCO3)S(=O)(=O)CC)cc1. The van der Waals surface area contributed by atoms with Crippen LogP contribution in [0.3, 0.4) is 0 Å². The topological polar surface area (TPSA) is 84.9 Å². The summed E-state index contributed by atoms with van der Waals surface area (Å²) in [4.78, 5) is 12.7. The highest BCUT2D eigenvalue weighted by atomic mass is 32.2. The number of hydrogen-bond acceptors (Lipinski definition) is 5. The van der Waals surface area contributed by atoms with Gasteiger partial charge in [-0.2, -0.15) is 0 Å². The number of carbonyl (C=O) groups excluding carboxylic acids is 1. The minimum atomic E-state index is -3.67. The van der Waals surface area contributed by atoms with Crippen molar-refractivity contribution in [2.45, 2.75) is 33.2 Å². The number of amides is 1. The highest BCUT2D eigenvalue weighted by Gasteiger charge is 2.26. The fourth-order valence-electron chi connectivity index (χ4n) is 3.24. The number of aryl methyl sites for hydroxylation is 1. The van der Waals surface area contributed by atoms with Crippen molar-refractivity contribution < 1.29 is 22.7 Å². The molecule has 0 aliphatic carbocycles. The zero-order valence-corrected chi connectivity index (χ0v) is 18.4. The van der Waals surface area contributed by atoms with Crippen molar-refractivity contribution in [3.8, 4) is 11.5 Å². The number of fused-ring (bicyclic) bond motifs is 1. The van der Waals surface area contributed by atoms with Gasteiger partial charge in [0.1, 0.15) is 19.8 Å². The average molecular weight is 433 g/mol. The normalized spacial score (nSPS) is 14.1. The fourth-order valence-corrected chi connectivity index (χ4v) is 4.30. The van der Waals surface area contributed by atoms with E-state index in [9.17, 15) is 13.2 Å². The van der Waals surface area contributed by atoms with Crippen molar-refractivity contribution in [2.75, 3.05) is 29.8 Å². The second kappa shape index (κ2) is 9.38. The monoisotopic (exact) mass is 432 g/mol. The number of nitrogens with one attached hydrogen (secondary N) is 1. The fraction of sp³-hybridized carbons (Fsp3) is 0.409. The summed E-state index contributed by atoms with van der Waals surface area (Å²) in [6, 6.07) is 12.7. The first-order valence-corrected chi connectivity index (χ1v) is 11.7. The lowest BCUT2D eigenvalue weighted by molar-refractivity contribution is -0.120. The Morgan fingerprint density at radius 2 is 1.73 bits per heavy atom. The quantitative estimate of drug-likeness (QED) is 0.693. The van der Waals surface area contributed by atoms with Gasteiger partial charge in [-0.25, -0.2) is 8.42 Å². The first-order chi connectivity index (χ1) is 14.3. The molecule has 1 aliphatic heterocycles. The van der Waals surface area contributed by atoms with Gasteiger partial charge in [-0.3, -0.25) is 9.10 Å². The van der Waals surface area contributed by atoms with Crippen LogP contribution in [0.1, 0.15) is 37.9 Å². The van der Waals surface area contributed by atoms with E-state index in [1.165, 1.54) is 5.56 Å². The highest BCUT2D eigenvalue weighted by molar-refractivity contribution is 7.92. The third-order valence-electron chi connectivity index (χ3n) is 5.07. The third-order valence-corrected chi connectivity index (χ3v) is 6.81. The lowest BCUT2D eigenvalue weighted by atomic mass is 10.1. The van der Waals surface area contributed by atoms with Gasteiger partial charge < -0.3 is 14.8 Å². The molecule has 0 aromatic heterocycles. The van der Waals surface area contributed by atoms with Crippen LogP contribution in [0.5, 0.6) is 11.5 Å².